The second kappa shape index (κ2) is 5.33. The van der Waals surface area contributed by atoms with E-state index in [2.05, 4.69) is 20.3 Å². The third-order valence-corrected chi connectivity index (χ3v) is 3.59. The van der Waals surface area contributed by atoms with Gasteiger partial charge >= 0.3 is 0 Å². The van der Waals surface area contributed by atoms with Crippen molar-refractivity contribution in [3.8, 4) is 11.4 Å². The molecular weight excluding hydrogens is 276 g/mol. The molecular formula is C12H12N6OS. The van der Waals surface area contributed by atoms with E-state index in [-0.39, 0.29) is 0 Å². The van der Waals surface area contributed by atoms with Gasteiger partial charge in [-0.3, -0.25) is 0 Å². The summed E-state index contributed by atoms with van der Waals surface area (Å²) in [6, 6.07) is 9.67. The summed E-state index contributed by atoms with van der Waals surface area (Å²) in [5.41, 5.74) is 0.922. The van der Waals surface area contributed by atoms with Crippen LogP contribution in [0.1, 0.15) is 11.7 Å². The lowest BCUT2D eigenvalue weighted by molar-refractivity contribution is 0.391. The van der Waals surface area contributed by atoms with E-state index >= 15 is 0 Å². The van der Waals surface area contributed by atoms with Crippen LogP contribution >= 0.6 is 11.8 Å². The highest BCUT2D eigenvalue weighted by Crippen LogP contribution is 2.21. The summed E-state index contributed by atoms with van der Waals surface area (Å²) >= 11 is 1.40. The molecule has 0 spiro atoms. The van der Waals surface area contributed by atoms with Gasteiger partial charge in [-0.2, -0.15) is 4.98 Å². The minimum Gasteiger partial charge on any atom is -0.338 e. The predicted octanol–water partition coefficient (Wildman–Crippen LogP) is 1.64. The number of hydrogen-bond acceptors (Lipinski definition) is 7. The van der Waals surface area contributed by atoms with Crippen molar-refractivity contribution < 1.29 is 4.52 Å². The molecule has 0 saturated heterocycles. The van der Waals surface area contributed by atoms with Crippen molar-refractivity contribution >= 4 is 11.8 Å². The molecule has 0 aliphatic heterocycles. The Labute approximate surface area is 119 Å². The molecule has 0 amide bonds. The SMILES string of the molecule is Cc1nnc(SCc2nc(-c3ccccc3)no2)n1N. The van der Waals surface area contributed by atoms with E-state index in [4.69, 9.17) is 10.4 Å². The monoisotopic (exact) mass is 288 g/mol. The number of nitrogens with zero attached hydrogens (tertiary/aromatic N) is 5. The van der Waals surface area contributed by atoms with Crippen LogP contribution in [0.5, 0.6) is 0 Å². The summed E-state index contributed by atoms with van der Waals surface area (Å²) in [6.07, 6.45) is 0. The van der Waals surface area contributed by atoms with Gasteiger partial charge in [0.25, 0.3) is 0 Å². The second-order valence-corrected chi connectivity index (χ2v) is 5.01. The molecule has 8 heteroatoms. The summed E-state index contributed by atoms with van der Waals surface area (Å²) < 4.78 is 6.64. The standard InChI is InChI=1S/C12H12N6OS/c1-8-15-16-12(18(8)13)20-7-10-14-11(17-19-10)9-5-3-2-4-6-9/h2-6H,7,13H2,1H3. The van der Waals surface area contributed by atoms with Crippen LogP contribution in [-0.4, -0.2) is 25.0 Å². The van der Waals surface area contributed by atoms with E-state index in [1.54, 1.807) is 6.92 Å². The number of thioether (sulfide) groups is 1. The molecule has 0 radical (unpaired) electrons. The Balaban J connectivity index is 1.70. The van der Waals surface area contributed by atoms with Crippen LogP contribution < -0.4 is 5.84 Å². The van der Waals surface area contributed by atoms with Gasteiger partial charge in [0.15, 0.2) is 0 Å². The Hall–Kier alpha value is -2.35. The summed E-state index contributed by atoms with van der Waals surface area (Å²) in [7, 11) is 0. The molecule has 3 rings (SSSR count). The van der Waals surface area contributed by atoms with Gasteiger partial charge in [0.05, 0.1) is 5.75 Å². The largest absolute Gasteiger partial charge is 0.338 e. The van der Waals surface area contributed by atoms with E-state index in [9.17, 15) is 0 Å². The van der Waals surface area contributed by atoms with Gasteiger partial charge in [0.1, 0.15) is 5.82 Å². The fourth-order valence-electron chi connectivity index (χ4n) is 1.59. The van der Waals surface area contributed by atoms with Crippen molar-refractivity contribution in [3.05, 3.63) is 42.0 Å². The Morgan fingerprint density at radius 3 is 2.75 bits per heavy atom. The van der Waals surface area contributed by atoms with Gasteiger partial charge in [-0.15, -0.1) is 10.2 Å². The second-order valence-electron chi connectivity index (χ2n) is 4.07. The lowest BCUT2D eigenvalue weighted by Crippen LogP contribution is -2.11. The molecule has 0 fully saturated rings. The molecule has 7 nitrogen and oxygen atoms in total. The minimum absolute atomic E-state index is 0.495. The first-order valence-electron chi connectivity index (χ1n) is 5.92. The molecule has 2 N–H and O–H groups in total. The minimum atomic E-state index is 0.495. The van der Waals surface area contributed by atoms with Crippen molar-refractivity contribution in [3.63, 3.8) is 0 Å². The van der Waals surface area contributed by atoms with Crippen molar-refractivity contribution in [2.24, 2.45) is 0 Å². The van der Waals surface area contributed by atoms with Crippen LogP contribution in [0.15, 0.2) is 40.0 Å². The topological polar surface area (TPSA) is 95.6 Å². The zero-order valence-corrected chi connectivity index (χ0v) is 11.5. The van der Waals surface area contributed by atoms with Crippen LogP contribution in [0.25, 0.3) is 11.4 Å². The molecule has 0 aliphatic rings. The summed E-state index contributed by atoms with van der Waals surface area (Å²) in [6.45, 7) is 1.79. The first-order valence-corrected chi connectivity index (χ1v) is 6.90. The molecule has 2 heterocycles. The van der Waals surface area contributed by atoms with Crippen LogP contribution in [0.3, 0.4) is 0 Å². The van der Waals surface area contributed by atoms with E-state index < -0.39 is 0 Å². The lowest BCUT2D eigenvalue weighted by Gasteiger charge is -1.97. The van der Waals surface area contributed by atoms with Crippen molar-refractivity contribution in [1.82, 2.24) is 25.0 Å². The van der Waals surface area contributed by atoms with E-state index in [0.717, 1.165) is 5.56 Å². The maximum atomic E-state index is 5.77. The summed E-state index contributed by atoms with van der Waals surface area (Å²) in [5.74, 6) is 8.02. The summed E-state index contributed by atoms with van der Waals surface area (Å²) in [4.78, 5) is 4.34. The Morgan fingerprint density at radius 2 is 2.05 bits per heavy atom. The van der Waals surface area contributed by atoms with Gasteiger partial charge in [-0.25, -0.2) is 4.68 Å². The van der Waals surface area contributed by atoms with Crippen LogP contribution in [0.4, 0.5) is 0 Å². The van der Waals surface area contributed by atoms with Crippen LogP contribution in [-0.2, 0) is 5.75 Å². The molecule has 0 bridgehead atoms. The maximum Gasteiger partial charge on any atom is 0.237 e. The van der Waals surface area contributed by atoms with Gasteiger partial charge in [-0.05, 0) is 6.92 Å². The van der Waals surface area contributed by atoms with Crippen LogP contribution in [0.2, 0.25) is 0 Å². The van der Waals surface area contributed by atoms with Crippen LogP contribution in [0, 0.1) is 6.92 Å². The molecule has 3 aromatic rings. The number of hydrogen-bond donors (Lipinski definition) is 1. The van der Waals surface area contributed by atoms with Gasteiger partial charge < -0.3 is 10.4 Å². The number of nitrogen functional groups attached to an aromatic ring is 1. The first-order chi connectivity index (χ1) is 9.74. The fourth-order valence-corrected chi connectivity index (χ4v) is 2.33. The predicted molar refractivity (Wildman–Crippen MR) is 74.2 cm³/mol. The third-order valence-electron chi connectivity index (χ3n) is 2.66. The Bertz CT molecular complexity index is 708. The molecule has 1 aromatic carbocycles. The number of aryl methyl sites for hydroxylation is 1. The van der Waals surface area contributed by atoms with Crippen molar-refractivity contribution in [2.75, 3.05) is 5.84 Å². The van der Waals surface area contributed by atoms with E-state index in [0.29, 0.717) is 28.4 Å². The molecule has 102 valence electrons. The molecule has 2 aromatic heterocycles. The number of aromatic nitrogens is 5. The fraction of sp³-hybridized carbons (Fsp3) is 0.167. The zero-order valence-electron chi connectivity index (χ0n) is 10.7. The van der Waals surface area contributed by atoms with Gasteiger partial charge in [-0.1, -0.05) is 47.3 Å². The highest BCUT2D eigenvalue weighted by atomic mass is 32.2. The average molecular weight is 288 g/mol. The van der Waals surface area contributed by atoms with Gasteiger partial charge in [0, 0.05) is 5.56 Å². The van der Waals surface area contributed by atoms with E-state index in [1.807, 2.05) is 30.3 Å². The number of rotatable bonds is 4. The number of nitrogens with two attached hydrogens (primary N) is 1. The Morgan fingerprint density at radius 1 is 1.25 bits per heavy atom. The van der Waals surface area contributed by atoms with Crippen molar-refractivity contribution in [2.45, 2.75) is 17.8 Å². The molecule has 0 saturated carbocycles. The third kappa shape index (κ3) is 2.50. The summed E-state index contributed by atoms with van der Waals surface area (Å²) in [5, 5.41) is 12.4. The number of benzene rings is 1. The molecule has 0 atom stereocenters. The van der Waals surface area contributed by atoms with Gasteiger partial charge in [0.2, 0.25) is 16.9 Å². The van der Waals surface area contributed by atoms with E-state index in [1.165, 1.54) is 16.4 Å². The zero-order chi connectivity index (χ0) is 13.9. The highest BCUT2D eigenvalue weighted by Gasteiger charge is 2.11. The molecule has 0 aliphatic carbocycles. The normalized spacial score (nSPS) is 10.8. The highest BCUT2D eigenvalue weighted by molar-refractivity contribution is 7.98. The maximum absolute atomic E-state index is 5.77. The first kappa shape index (κ1) is 12.7. The quantitative estimate of drug-likeness (QED) is 0.576. The Kier molecular flexibility index (Phi) is 3.38. The lowest BCUT2D eigenvalue weighted by atomic mass is 10.2. The van der Waals surface area contributed by atoms with Crippen molar-refractivity contribution in [1.29, 1.82) is 0 Å². The average Bonchev–Trinajstić information content (AvgIpc) is 3.07. The molecule has 20 heavy (non-hydrogen) atoms. The molecule has 0 unspecified atom stereocenters. The smallest absolute Gasteiger partial charge is 0.237 e.